The maximum absolute atomic E-state index is 10.8. The molecule has 0 spiro atoms. The van der Waals surface area contributed by atoms with Gasteiger partial charge in [-0.15, -0.1) is 0 Å². The number of nitrogens with zero attached hydrogens (tertiary/aromatic N) is 2. The summed E-state index contributed by atoms with van der Waals surface area (Å²) >= 11 is 0. The zero-order valence-corrected chi connectivity index (χ0v) is 8.49. The molecule has 0 aliphatic heterocycles. The van der Waals surface area contributed by atoms with Crippen LogP contribution in [0.25, 0.3) is 0 Å². The first-order chi connectivity index (χ1) is 6.74. The number of hydrogen-bond acceptors (Lipinski definition) is 4. The quantitative estimate of drug-likeness (QED) is 0.536. The molecule has 5 nitrogen and oxygen atoms in total. The van der Waals surface area contributed by atoms with Gasteiger partial charge >= 0.3 is 5.97 Å². The van der Waals surface area contributed by atoms with Crippen molar-refractivity contribution < 1.29 is 9.53 Å². The maximum atomic E-state index is 10.8. The molecule has 0 amide bonds. The summed E-state index contributed by atoms with van der Waals surface area (Å²) in [4.78, 5) is 10.8. The molecule has 1 aromatic rings. The zero-order valence-electron chi connectivity index (χ0n) is 8.49. The molecule has 0 unspecified atom stereocenters. The fraction of sp³-hybridized carbons (Fsp3) is 0.556. The number of hydrogen-bond donors (Lipinski definition) is 1. The minimum absolute atomic E-state index is 0.192. The number of nitrogens with one attached hydrogen (secondary N) is 1. The third-order valence-corrected chi connectivity index (χ3v) is 1.96. The highest BCUT2D eigenvalue weighted by molar-refractivity contribution is 5.69. The van der Waals surface area contributed by atoms with Crippen molar-refractivity contribution in [3.05, 3.63) is 18.0 Å². The van der Waals surface area contributed by atoms with E-state index in [1.54, 1.807) is 10.9 Å². The number of carbonyl (C=O) groups excluding carboxylic acids is 1. The van der Waals surface area contributed by atoms with E-state index in [1.165, 1.54) is 7.11 Å². The van der Waals surface area contributed by atoms with Crippen LogP contribution in [0.15, 0.2) is 12.3 Å². The van der Waals surface area contributed by atoms with Gasteiger partial charge in [0.15, 0.2) is 0 Å². The van der Waals surface area contributed by atoms with Crippen molar-refractivity contribution >= 4 is 5.97 Å². The van der Waals surface area contributed by atoms with Crippen LogP contribution < -0.4 is 5.32 Å². The second kappa shape index (κ2) is 5.39. The van der Waals surface area contributed by atoms with E-state index in [0.717, 1.165) is 5.69 Å². The molecule has 78 valence electrons. The van der Waals surface area contributed by atoms with E-state index in [2.05, 4.69) is 15.2 Å². The fourth-order valence-corrected chi connectivity index (χ4v) is 1.08. The van der Waals surface area contributed by atoms with Crippen molar-refractivity contribution in [2.45, 2.75) is 13.0 Å². The lowest BCUT2D eigenvalue weighted by Gasteiger charge is -2.03. The number of methoxy groups -OCH3 is 1. The lowest BCUT2D eigenvalue weighted by molar-refractivity contribution is -0.140. The van der Waals surface area contributed by atoms with Crippen LogP contribution in [-0.4, -0.2) is 29.4 Å². The fourth-order valence-electron chi connectivity index (χ4n) is 1.08. The summed E-state index contributed by atoms with van der Waals surface area (Å²) in [6.45, 7) is 1.34. The molecule has 0 atom stereocenters. The van der Waals surface area contributed by atoms with Gasteiger partial charge in [-0.3, -0.25) is 9.48 Å². The molecular formula is C9H15N3O2. The lowest BCUT2D eigenvalue weighted by Crippen LogP contribution is -2.19. The molecule has 0 saturated carbocycles. The third-order valence-electron chi connectivity index (χ3n) is 1.96. The van der Waals surface area contributed by atoms with Crippen LogP contribution in [0.3, 0.4) is 0 Å². The molecule has 1 heterocycles. The number of rotatable bonds is 5. The summed E-state index contributed by atoms with van der Waals surface area (Å²) in [6, 6.07) is 1.94. The van der Waals surface area contributed by atoms with E-state index in [1.807, 2.05) is 13.1 Å². The molecule has 14 heavy (non-hydrogen) atoms. The first-order valence-electron chi connectivity index (χ1n) is 4.48. The van der Waals surface area contributed by atoms with Crippen LogP contribution in [0.2, 0.25) is 0 Å². The van der Waals surface area contributed by atoms with E-state index in [0.29, 0.717) is 19.5 Å². The van der Waals surface area contributed by atoms with Crippen LogP contribution in [-0.2, 0) is 23.1 Å². The van der Waals surface area contributed by atoms with Crippen LogP contribution >= 0.6 is 0 Å². The van der Waals surface area contributed by atoms with Gasteiger partial charge in [0, 0.05) is 26.3 Å². The van der Waals surface area contributed by atoms with Crippen molar-refractivity contribution in [1.82, 2.24) is 15.1 Å². The van der Waals surface area contributed by atoms with Gasteiger partial charge in [-0.2, -0.15) is 5.10 Å². The molecule has 0 aromatic carbocycles. The highest BCUT2D eigenvalue weighted by Gasteiger charge is 2.00. The largest absolute Gasteiger partial charge is 0.469 e. The Morgan fingerprint density at radius 1 is 1.71 bits per heavy atom. The SMILES string of the molecule is COC(=O)CCNCc1ccnn1C. The smallest absolute Gasteiger partial charge is 0.306 e. The molecule has 1 N–H and O–H groups in total. The molecular weight excluding hydrogens is 182 g/mol. The number of aryl methyl sites for hydroxylation is 1. The Morgan fingerprint density at radius 3 is 3.07 bits per heavy atom. The normalized spacial score (nSPS) is 10.1. The Kier molecular flexibility index (Phi) is 4.12. The standard InChI is InChI=1S/C9H15N3O2/c1-12-8(3-6-11-12)7-10-5-4-9(13)14-2/h3,6,10H,4-5,7H2,1-2H3. The zero-order chi connectivity index (χ0) is 10.4. The average Bonchev–Trinajstić information content (AvgIpc) is 2.58. The lowest BCUT2D eigenvalue weighted by atomic mass is 10.4. The number of aromatic nitrogens is 2. The highest BCUT2D eigenvalue weighted by atomic mass is 16.5. The van der Waals surface area contributed by atoms with Crippen LogP contribution in [0.4, 0.5) is 0 Å². The molecule has 0 aliphatic carbocycles. The van der Waals surface area contributed by atoms with E-state index in [-0.39, 0.29) is 5.97 Å². The molecule has 5 heteroatoms. The third kappa shape index (κ3) is 3.18. The van der Waals surface area contributed by atoms with Crippen molar-refractivity contribution in [2.24, 2.45) is 7.05 Å². The van der Waals surface area contributed by atoms with Gasteiger partial charge in [0.1, 0.15) is 0 Å². The predicted molar refractivity (Wildman–Crippen MR) is 51.5 cm³/mol. The Hall–Kier alpha value is -1.36. The summed E-state index contributed by atoms with van der Waals surface area (Å²) in [7, 11) is 3.28. The van der Waals surface area contributed by atoms with E-state index >= 15 is 0 Å². The molecule has 1 aromatic heterocycles. The molecule has 0 fully saturated rings. The number of ether oxygens (including phenoxy) is 1. The molecule has 0 radical (unpaired) electrons. The summed E-state index contributed by atoms with van der Waals surface area (Å²) < 4.78 is 6.31. The van der Waals surface area contributed by atoms with Crippen molar-refractivity contribution in [2.75, 3.05) is 13.7 Å². The molecule has 1 rings (SSSR count). The second-order valence-electron chi connectivity index (χ2n) is 2.95. The van der Waals surface area contributed by atoms with Crippen LogP contribution in [0.1, 0.15) is 12.1 Å². The maximum Gasteiger partial charge on any atom is 0.306 e. The van der Waals surface area contributed by atoms with Gasteiger partial charge in [-0.25, -0.2) is 0 Å². The van der Waals surface area contributed by atoms with Gasteiger partial charge in [0.25, 0.3) is 0 Å². The highest BCUT2D eigenvalue weighted by Crippen LogP contribution is 1.94. The Labute approximate surface area is 83.1 Å². The summed E-state index contributed by atoms with van der Waals surface area (Å²) in [5.74, 6) is -0.192. The van der Waals surface area contributed by atoms with Crippen LogP contribution in [0.5, 0.6) is 0 Å². The van der Waals surface area contributed by atoms with Crippen molar-refractivity contribution in [3.63, 3.8) is 0 Å². The summed E-state index contributed by atoms with van der Waals surface area (Å²) in [5, 5.41) is 7.16. The first-order valence-corrected chi connectivity index (χ1v) is 4.48. The minimum Gasteiger partial charge on any atom is -0.469 e. The topological polar surface area (TPSA) is 56.1 Å². The molecule has 0 aliphatic rings. The van der Waals surface area contributed by atoms with Crippen LogP contribution in [0, 0.1) is 0 Å². The van der Waals surface area contributed by atoms with Gasteiger partial charge < -0.3 is 10.1 Å². The van der Waals surface area contributed by atoms with E-state index < -0.39 is 0 Å². The van der Waals surface area contributed by atoms with Gasteiger partial charge in [0.05, 0.1) is 19.2 Å². The Balaban J connectivity index is 2.16. The monoisotopic (exact) mass is 197 g/mol. The van der Waals surface area contributed by atoms with Crippen molar-refractivity contribution in [1.29, 1.82) is 0 Å². The molecule has 0 bridgehead atoms. The van der Waals surface area contributed by atoms with Crippen molar-refractivity contribution in [3.8, 4) is 0 Å². The summed E-state index contributed by atoms with van der Waals surface area (Å²) in [5.41, 5.74) is 1.09. The van der Waals surface area contributed by atoms with E-state index in [9.17, 15) is 4.79 Å². The Morgan fingerprint density at radius 2 is 2.50 bits per heavy atom. The first kappa shape index (κ1) is 10.7. The number of esters is 1. The van der Waals surface area contributed by atoms with Gasteiger partial charge in [-0.1, -0.05) is 0 Å². The molecule has 0 saturated heterocycles. The Bertz CT molecular complexity index is 296. The van der Waals surface area contributed by atoms with Gasteiger partial charge in [-0.05, 0) is 6.07 Å². The average molecular weight is 197 g/mol. The second-order valence-corrected chi connectivity index (χ2v) is 2.95. The van der Waals surface area contributed by atoms with E-state index in [4.69, 9.17) is 0 Å². The predicted octanol–water partition coefficient (Wildman–Crippen LogP) is 0.0728. The number of carbonyl (C=O) groups is 1. The minimum atomic E-state index is -0.192. The van der Waals surface area contributed by atoms with Gasteiger partial charge in [0.2, 0.25) is 0 Å². The summed E-state index contributed by atoms with van der Waals surface area (Å²) in [6.07, 6.45) is 2.14.